The van der Waals surface area contributed by atoms with Gasteiger partial charge in [-0.2, -0.15) is 0 Å². The monoisotopic (exact) mass is 374 g/mol. The van der Waals surface area contributed by atoms with Gasteiger partial charge in [0.25, 0.3) is 0 Å². The van der Waals surface area contributed by atoms with E-state index in [2.05, 4.69) is 22.9 Å². The molecule has 0 bridgehead atoms. The van der Waals surface area contributed by atoms with Gasteiger partial charge in [0, 0.05) is 5.56 Å². The summed E-state index contributed by atoms with van der Waals surface area (Å²) in [5.74, 6) is 1.54. The molecule has 2 aromatic rings. The molecule has 0 heterocycles. The molecule has 23 heavy (non-hydrogen) atoms. The number of allylic oxidation sites excluding steroid dienone is 1. The van der Waals surface area contributed by atoms with Gasteiger partial charge in [-0.3, -0.25) is 4.79 Å². The molecule has 2 aromatic carbocycles. The molecular formula is C19H19BrO3. The third-order valence-electron chi connectivity index (χ3n) is 3.14. The van der Waals surface area contributed by atoms with Crippen molar-refractivity contribution in [2.24, 2.45) is 0 Å². The fraction of sp³-hybridized carbons (Fsp3) is 0.211. The fourth-order valence-electron chi connectivity index (χ4n) is 1.94. The molecule has 0 aliphatic carbocycles. The zero-order valence-corrected chi connectivity index (χ0v) is 14.6. The topological polar surface area (TPSA) is 35.5 Å². The number of rotatable bonds is 8. The van der Waals surface area contributed by atoms with Gasteiger partial charge in [-0.25, -0.2) is 0 Å². The number of hydrogen-bond acceptors (Lipinski definition) is 3. The van der Waals surface area contributed by atoms with E-state index in [1.165, 1.54) is 0 Å². The molecule has 0 saturated heterocycles. The van der Waals surface area contributed by atoms with E-state index in [1.54, 1.807) is 24.3 Å². The van der Waals surface area contributed by atoms with Crippen molar-refractivity contribution >= 4 is 27.8 Å². The largest absolute Gasteiger partial charge is 0.494 e. The summed E-state index contributed by atoms with van der Waals surface area (Å²) in [4.78, 5) is 12.2. The molecule has 0 atom stereocenters. The van der Waals surface area contributed by atoms with Crippen molar-refractivity contribution in [2.45, 2.75) is 13.3 Å². The first-order chi connectivity index (χ1) is 11.2. The standard InChI is InChI=1S/C19H19BrO3/c1-2-13-22-17-10-6-16(7-11-17)19(21)12-5-15-3-8-18(9-4-15)23-14-20/h3-12H,2,13-14H2,1H3/b12-5+. The van der Waals surface area contributed by atoms with E-state index < -0.39 is 0 Å². The van der Waals surface area contributed by atoms with Crippen molar-refractivity contribution in [3.8, 4) is 11.5 Å². The Balaban J connectivity index is 1.97. The number of carbonyl (C=O) groups excluding carboxylic acids is 1. The highest BCUT2D eigenvalue weighted by Gasteiger charge is 2.02. The van der Waals surface area contributed by atoms with E-state index in [0.29, 0.717) is 17.7 Å². The van der Waals surface area contributed by atoms with Crippen LogP contribution in [-0.2, 0) is 0 Å². The van der Waals surface area contributed by atoms with Crippen LogP contribution in [0.25, 0.3) is 6.08 Å². The number of halogens is 1. The minimum Gasteiger partial charge on any atom is -0.494 e. The van der Waals surface area contributed by atoms with Gasteiger partial charge in [0.15, 0.2) is 5.78 Å². The van der Waals surface area contributed by atoms with Crippen LogP contribution in [0, 0.1) is 0 Å². The fourth-order valence-corrected chi connectivity index (χ4v) is 2.21. The van der Waals surface area contributed by atoms with Crippen LogP contribution in [-0.4, -0.2) is 17.9 Å². The van der Waals surface area contributed by atoms with E-state index >= 15 is 0 Å². The maximum absolute atomic E-state index is 12.2. The van der Waals surface area contributed by atoms with Crippen LogP contribution >= 0.6 is 15.9 Å². The quantitative estimate of drug-likeness (QED) is 0.366. The predicted octanol–water partition coefficient (Wildman–Crippen LogP) is 5.10. The molecule has 0 spiro atoms. The molecule has 3 nitrogen and oxygen atoms in total. The lowest BCUT2D eigenvalue weighted by molar-refractivity contribution is 0.104. The van der Waals surface area contributed by atoms with Gasteiger partial charge in [0.1, 0.15) is 17.0 Å². The van der Waals surface area contributed by atoms with Gasteiger partial charge in [-0.1, -0.05) is 25.1 Å². The summed E-state index contributed by atoms with van der Waals surface area (Å²) in [6.07, 6.45) is 4.33. The maximum Gasteiger partial charge on any atom is 0.185 e. The number of ketones is 1. The second kappa shape index (κ2) is 9.16. The predicted molar refractivity (Wildman–Crippen MR) is 96.5 cm³/mol. The summed E-state index contributed by atoms with van der Waals surface area (Å²) in [7, 11) is 0. The summed E-state index contributed by atoms with van der Waals surface area (Å²) in [6, 6.07) is 14.8. The van der Waals surface area contributed by atoms with Crippen molar-refractivity contribution in [3.05, 3.63) is 65.7 Å². The van der Waals surface area contributed by atoms with Crippen LogP contribution in [0.1, 0.15) is 29.3 Å². The van der Waals surface area contributed by atoms with E-state index in [1.807, 2.05) is 36.4 Å². The molecule has 0 unspecified atom stereocenters. The van der Waals surface area contributed by atoms with Gasteiger partial charge in [0.2, 0.25) is 0 Å². The molecule has 0 aromatic heterocycles. The van der Waals surface area contributed by atoms with Crippen molar-refractivity contribution in [2.75, 3.05) is 12.1 Å². The summed E-state index contributed by atoms with van der Waals surface area (Å²) >= 11 is 3.21. The molecule has 0 aliphatic rings. The highest BCUT2D eigenvalue weighted by atomic mass is 79.9. The third kappa shape index (κ3) is 5.57. The van der Waals surface area contributed by atoms with E-state index in [-0.39, 0.29) is 5.78 Å². The lowest BCUT2D eigenvalue weighted by Crippen LogP contribution is -1.97. The van der Waals surface area contributed by atoms with Crippen molar-refractivity contribution in [1.82, 2.24) is 0 Å². The number of alkyl halides is 1. The maximum atomic E-state index is 12.2. The van der Waals surface area contributed by atoms with Gasteiger partial charge < -0.3 is 9.47 Å². The molecule has 0 N–H and O–H groups in total. The van der Waals surface area contributed by atoms with Crippen LogP contribution in [0.5, 0.6) is 11.5 Å². The normalized spacial score (nSPS) is 10.7. The summed E-state index contributed by atoms with van der Waals surface area (Å²) in [5.41, 5.74) is 2.05. The van der Waals surface area contributed by atoms with Gasteiger partial charge in [0.05, 0.1) is 6.61 Å². The van der Waals surface area contributed by atoms with E-state index in [4.69, 9.17) is 9.47 Å². The Labute approximate surface area is 145 Å². The summed E-state index contributed by atoms with van der Waals surface area (Å²) in [5, 5.41) is 0. The molecule has 0 radical (unpaired) electrons. The average Bonchev–Trinajstić information content (AvgIpc) is 2.60. The van der Waals surface area contributed by atoms with E-state index in [9.17, 15) is 4.79 Å². The second-order valence-electron chi connectivity index (χ2n) is 4.89. The van der Waals surface area contributed by atoms with E-state index in [0.717, 1.165) is 23.5 Å². The first kappa shape index (κ1) is 17.3. The van der Waals surface area contributed by atoms with Crippen LogP contribution in [0.3, 0.4) is 0 Å². The summed E-state index contributed by atoms with van der Waals surface area (Å²) in [6.45, 7) is 2.74. The Bertz CT molecular complexity index is 645. The number of hydrogen-bond donors (Lipinski definition) is 0. The van der Waals surface area contributed by atoms with Crippen LogP contribution in [0.2, 0.25) is 0 Å². The van der Waals surface area contributed by atoms with Crippen LogP contribution < -0.4 is 9.47 Å². The van der Waals surface area contributed by atoms with Crippen LogP contribution in [0.4, 0.5) is 0 Å². The lowest BCUT2D eigenvalue weighted by Gasteiger charge is -2.04. The Kier molecular flexibility index (Phi) is 6.88. The number of ether oxygens (including phenoxy) is 2. The second-order valence-corrected chi connectivity index (χ2v) is 5.35. The van der Waals surface area contributed by atoms with Crippen molar-refractivity contribution < 1.29 is 14.3 Å². The first-order valence-corrected chi connectivity index (χ1v) is 8.59. The van der Waals surface area contributed by atoms with Crippen LogP contribution in [0.15, 0.2) is 54.6 Å². The van der Waals surface area contributed by atoms with Crippen molar-refractivity contribution in [1.29, 1.82) is 0 Å². The Morgan fingerprint density at radius 1 is 1.00 bits per heavy atom. The third-order valence-corrected chi connectivity index (χ3v) is 3.37. The van der Waals surface area contributed by atoms with Gasteiger partial charge in [-0.15, -0.1) is 0 Å². The van der Waals surface area contributed by atoms with Gasteiger partial charge >= 0.3 is 0 Å². The van der Waals surface area contributed by atoms with Gasteiger partial charge in [-0.05, 0) is 70.4 Å². The first-order valence-electron chi connectivity index (χ1n) is 7.47. The molecule has 0 fully saturated rings. The minimum atomic E-state index is -0.0344. The molecule has 0 saturated carbocycles. The molecule has 4 heteroatoms. The smallest absolute Gasteiger partial charge is 0.185 e. The SMILES string of the molecule is CCCOc1ccc(C(=O)/C=C/c2ccc(OCBr)cc2)cc1. The highest BCUT2D eigenvalue weighted by Crippen LogP contribution is 2.16. The Morgan fingerprint density at radius 3 is 2.22 bits per heavy atom. The molecule has 120 valence electrons. The van der Waals surface area contributed by atoms with Crippen molar-refractivity contribution in [3.63, 3.8) is 0 Å². The highest BCUT2D eigenvalue weighted by molar-refractivity contribution is 9.09. The molecular weight excluding hydrogens is 356 g/mol. The minimum absolute atomic E-state index is 0.0344. The zero-order valence-electron chi connectivity index (χ0n) is 13.0. The molecule has 0 aliphatic heterocycles. The number of carbonyl (C=O) groups is 1. The molecule has 2 rings (SSSR count). The lowest BCUT2D eigenvalue weighted by atomic mass is 10.1. The average molecular weight is 375 g/mol. The zero-order chi connectivity index (χ0) is 16.5. The number of benzene rings is 2. The Hall–Kier alpha value is -2.07. The Morgan fingerprint density at radius 2 is 1.61 bits per heavy atom. The summed E-state index contributed by atoms with van der Waals surface area (Å²) < 4.78 is 10.8. The molecule has 0 amide bonds.